The van der Waals surface area contributed by atoms with E-state index >= 15 is 0 Å². The van der Waals surface area contributed by atoms with Crippen molar-refractivity contribution < 1.29 is 9.50 Å². The van der Waals surface area contributed by atoms with Gasteiger partial charge in [-0.15, -0.1) is 0 Å². The number of aromatic hydroxyl groups is 1. The Morgan fingerprint density at radius 1 is 1.62 bits per heavy atom. The standard InChI is InChI=1S/C8H10FN3O/c9-6-1-2-7(13)5(3-6)4-12-8(10)11/h1-3,13H,4H2,(H4,10,11,12). The van der Waals surface area contributed by atoms with E-state index in [1.54, 1.807) is 0 Å². The van der Waals surface area contributed by atoms with Crippen molar-refractivity contribution in [1.82, 2.24) is 5.32 Å². The van der Waals surface area contributed by atoms with Crippen molar-refractivity contribution >= 4 is 5.96 Å². The Hall–Kier alpha value is -1.78. The predicted molar refractivity (Wildman–Crippen MR) is 46.8 cm³/mol. The van der Waals surface area contributed by atoms with Crippen LogP contribution in [-0.4, -0.2) is 11.1 Å². The van der Waals surface area contributed by atoms with Crippen molar-refractivity contribution in [2.75, 3.05) is 0 Å². The van der Waals surface area contributed by atoms with Crippen LogP contribution >= 0.6 is 0 Å². The largest absolute Gasteiger partial charge is 0.508 e. The quantitative estimate of drug-likeness (QED) is 0.398. The van der Waals surface area contributed by atoms with E-state index in [4.69, 9.17) is 11.1 Å². The lowest BCUT2D eigenvalue weighted by Gasteiger charge is -2.05. The highest BCUT2D eigenvalue weighted by Gasteiger charge is 2.02. The van der Waals surface area contributed by atoms with E-state index in [9.17, 15) is 9.50 Å². The summed E-state index contributed by atoms with van der Waals surface area (Å²) in [5.74, 6) is -0.669. The van der Waals surface area contributed by atoms with Crippen LogP contribution in [0, 0.1) is 11.2 Å². The normalized spacial score (nSPS) is 9.62. The molecule has 0 fully saturated rings. The van der Waals surface area contributed by atoms with Crippen molar-refractivity contribution in [3.63, 3.8) is 0 Å². The second kappa shape index (κ2) is 3.75. The Bertz CT molecular complexity index is 327. The van der Waals surface area contributed by atoms with Crippen molar-refractivity contribution in [3.8, 4) is 5.75 Å². The third-order valence-electron chi connectivity index (χ3n) is 1.51. The van der Waals surface area contributed by atoms with E-state index in [1.165, 1.54) is 12.1 Å². The lowest BCUT2D eigenvalue weighted by molar-refractivity contribution is 0.464. The molecule has 0 atom stereocenters. The average molecular weight is 183 g/mol. The maximum Gasteiger partial charge on any atom is 0.185 e. The molecule has 0 aliphatic heterocycles. The number of phenolic OH excluding ortho intramolecular Hbond substituents is 1. The van der Waals surface area contributed by atoms with Gasteiger partial charge in [0.25, 0.3) is 0 Å². The molecule has 0 aliphatic carbocycles. The molecule has 0 heterocycles. The zero-order valence-corrected chi connectivity index (χ0v) is 6.84. The second-order valence-electron chi connectivity index (χ2n) is 2.54. The first-order valence-electron chi connectivity index (χ1n) is 3.65. The molecule has 0 amide bonds. The van der Waals surface area contributed by atoms with Gasteiger partial charge in [-0.25, -0.2) is 4.39 Å². The highest BCUT2D eigenvalue weighted by Crippen LogP contribution is 2.16. The lowest BCUT2D eigenvalue weighted by atomic mass is 10.2. The maximum absolute atomic E-state index is 12.6. The van der Waals surface area contributed by atoms with E-state index in [2.05, 4.69) is 5.32 Å². The molecule has 1 aromatic rings. The van der Waals surface area contributed by atoms with Gasteiger partial charge in [0.05, 0.1) is 0 Å². The van der Waals surface area contributed by atoms with Gasteiger partial charge in [0.2, 0.25) is 0 Å². The highest BCUT2D eigenvalue weighted by atomic mass is 19.1. The van der Waals surface area contributed by atoms with E-state index in [0.717, 1.165) is 6.07 Å². The summed E-state index contributed by atoms with van der Waals surface area (Å²) in [6.45, 7) is 0.138. The number of rotatable bonds is 2. The van der Waals surface area contributed by atoms with Crippen molar-refractivity contribution in [3.05, 3.63) is 29.6 Å². The zero-order valence-electron chi connectivity index (χ0n) is 6.84. The van der Waals surface area contributed by atoms with Crippen LogP contribution in [0.1, 0.15) is 5.56 Å². The van der Waals surface area contributed by atoms with Crippen LogP contribution < -0.4 is 11.1 Å². The average Bonchev–Trinajstić information content (AvgIpc) is 2.06. The Morgan fingerprint density at radius 2 is 2.31 bits per heavy atom. The number of benzene rings is 1. The lowest BCUT2D eigenvalue weighted by Crippen LogP contribution is -2.29. The first kappa shape index (κ1) is 9.31. The fourth-order valence-electron chi connectivity index (χ4n) is 0.886. The molecule has 0 aromatic heterocycles. The number of phenols is 1. The fraction of sp³-hybridized carbons (Fsp3) is 0.125. The van der Waals surface area contributed by atoms with Crippen LogP contribution in [0.3, 0.4) is 0 Å². The SMILES string of the molecule is N=C(N)NCc1cc(F)ccc1O. The van der Waals surface area contributed by atoms with Crippen LogP contribution in [0.2, 0.25) is 0 Å². The topological polar surface area (TPSA) is 82.1 Å². The third kappa shape index (κ3) is 2.62. The number of hydrogen-bond donors (Lipinski definition) is 4. The van der Waals surface area contributed by atoms with Crippen molar-refractivity contribution in [2.24, 2.45) is 5.73 Å². The van der Waals surface area contributed by atoms with Gasteiger partial charge in [0.15, 0.2) is 5.96 Å². The van der Waals surface area contributed by atoms with Crippen LogP contribution in [0.5, 0.6) is 5.75 Å². The molecular formula is C8H10FN3O. The number of hydrogen-bond acceptors (Lipinski definition) is 2. The number of guanidine groups is 1. The van der Waals surface area contributed by atoms with Crippen LogP contribution in [0.25, 0.3) is 0 Å². The summed E-state index contributed by atoms with van der Waals surface area (Å²) in [7, 11) is 0. The van der Waals surface area contributed by atoms with Gasteiger partial charge in [-0.05, 0) is 18.2 Å². The molecule has 5 heteroatoms. The maximum atomic E-state index is 12.6. The molecule has 4 nitrogen and oxygen atoms in total. The van der Waals surface area contributed by atoms with E-state index in [-0.39, 0.29) is 18.3 Å². The number of halogens is 1. The molecule has 1 rings (SSSR count). The summed E-state index contributed by atoms with van der Waals surface area (Å²) in [5.41, 5.74) is 5.40. The molecular weight excluding hydrogens is 173 g/mol. The molecule has 0 bridgehead atoms. The zero-order chi connectivity index (χ0) is 9.84. The van der Waals surface area contributed by atoms with Gasteiger partial charge < -0.3 is 16.2 Å². The highest BCUT2D eigenvalue weighted by molar-refractivity contribution is 5.74. The van der Waals surface area contributed by atoms with E-state index in [0.29, 0.717) is 5.56 Å². The van der Waals surface area contributed by atoms with Gasteiger partial charge in [-0.2, -0.15) is 0 Å². The molecule has 5 N–H and O–H groups in total. The minimum Gasteiger partial charge on any atom is -0.508 e. The molecule has 0 saturated carbocycles. The summed E-state index contributed by atoms with van der Waals surface area (Å²) in [5, 5.41) is 18.6. The van der Waals surface area contributed by atoms with Gasteiger partial charge in [-0.1, -0.05) is 0 Å². The van der Waals surface area contributed by atoms with Crippen molar-refractivity contribution in [1.29, 1.82) is 5.41 Å². The summed E-state index contributed by atoms with van der Waals surface area (Å²) < 4.78 is 12.6. The van der Waals surface area contributed by atoms with Gasteiger partial charge in [-0.3, -0.25) is 5.41 Å². The van der Waals surface area contributed by atoms with Crippen LogP contribution in [0.4, 0.5) is 4.39 Å². The minimum absolute atomic E-state index is 0.0184. The second-order valence-corrected chi connectivity index (χ2v) is 2.54. The Balaban J connectivity index is 2.75. The molecule has 0 spiro atoms. The Morgan fingerprint density at radius 3 is 2.92 bits per heavy atom. The summed E-state index contributed by atoms with van der Waals surface area (Å²) in [4.78, 5) is 0. The summed E-state index contributed by atoms with van der Waals surface area (Å²) in [6, 6.07) is 3.60. The first-order valence-corrected chi connectivity index (χ1v) is 3.65. The number of nitrogens with one attached hydrogen (secondary N) is 2. The summed E-state index contributed by atoms with van der Waals surface area (Å²) >= 11 is 0. The van der Waals surface area contributed by atoms with Crippen LogP contribution in [-0.2, 0) is 6.54 Å². The smallest absolute Gasteiger partial charge is 0.185 e. The third-order valence-corrected chi connectivity index (χ3v) is 1.51. The Labute approximate surface area is 74.7 Å². The van der Waals surface area contributed by atoms with E-state index < -0.39 is 5.82 Å². The molecule has 13 heavy (non-hydrogen) atoms. The van der Waals surface area contributed by atoms with Crippen molar-refractivity contribution in [2.45, 2.75) is 6.54 Å². The first-order chi connectivity index (χ1) is 6.09. The fourth-order valence-corrected chi connectivity index (χ4v) is 0.886. The van der Waals surface area contributed by atoms with Gasteiger partial charge in [0, 0.05) is 12.1 Å². The monoisotopic (exact) mass is 183 g/mol. The molecule has 0 radical (unpaired) electrons. The molecule has 0 aliphatic rings. The van der Waals surface area contributed by atoms with E-state index in [1.807, 2.05) is 0 Å². The van der Waals surface area contributed by atoms with Crippen LogP contribution in [0.15, 0.2) is 18.2 Å². The van der Waals surface area contributed by atoms with Gasteiger partial charge in [0.1, 0.15) is 11.6 Å². The predicted octanol–water partition coefficient (Wildman–Crippen LogP) is 0.514. The number of nitrogens with two attached hydrogens (primary N) is 1. The Kier molecular flexibility index (Phi) is 2.69. The molecule has 1 aromatic carbocycles. The molecule has 0 unspecified atom stereocenters. The molecule has 0 saturated heterocycles. The molecule has 70 valence electrons. The summed E-state index contributed by atoms with van der Waals surface area (Å²) in [6.07, 6.45) is 0. The minimum atomic E-state index is -0.432. The van der Waals surface area contributed by atoms with Gasteiger partial charge >= 0.3 is 0 Å².